The van der Waals surface area contributed by atoms with Gasteiger partial charge in [0.15, 0.2) is 0 Å². The molecule has 0 radical (unpaired) electrons. The van der Waals surface area contributed by atoms with Crippen LogP contribution < -0.4 is 0 Å². The van der Waals surface area contributed by atoms with Gasteiger partial charge in [0.25, 0.3) is 0 Å². The van der Waals surface area contributed by atoms with Gasteiger partial charge in [0, 0.05) is 46.9 Å². The lowest BCUT2D eigenvalue weighted by atomic mass is 9.71. The monoisotopic (exact) mass is 338 g/mol. The van der Waals surface area contributed by atoms with Gasteiger partial charge in [-0.25, -0.2) is 15.0 Å². The van der Waals surface area contributed by atoms with Crippen molar-refractivity contribution in [2.45, 2.75) is 26.4 Å². The number of rotatable bonds is 3. The summed E-state index contributed by atoms with van der Waals surface area (Å²) in [5.41, 5.74) is 0.00320. The van der Waals surface area contributed by atoms with E-state index in [0.717, 1.165) is 0 Å². The third kappa shape index (κ3) is 3.00. The molecule has 128 valence electrons. The minimum Gasteiger partial charge on any atom is -0.378 e. The van der Waals surface area contributed by atoms with Crippen molar-refractivity contribution in [3.63, 3.8) is 0 Å². The van der Waals surface area contributed by atoms with Crippen molar-refractivity contribution in [3.8, 4) is 11.1 Å². The molecule has 25 heavy (non-hydrogen) atoms. The average molecular weight is 338 g/mol. The molecule has 3 aromatic heterocycles. The minimum atomic E-state index is -1.39. The fourth-order valence-corrected chi connectivity index (χ4v) is 2.82. The number of aromatic nitrogens is 4. The van der Waals surface area contributed by atoms with Crippen molar-refractivity contribution in [1.82, 2.24) is 19.9 Å². The van der Waals surface area contributed by atoms with Crippen molar-refractivity contribution < 1.29 is 9.50 Å². The number of nitrogens with zero attached hydrogens (tertiary/aromatic N) is 4. The fourth-order valence-electron chi connectivity index (χ4n) is 2.82. The largest absolute Gasteiger partial charge is 0.378 e. The molecule has 6 heteroatoms. The van der Waals surface area contributed by atoms with Crippen molar-refractivity contribution in [1.29, 1.82) is 0 Å². The van der Waals surface area contributed by atoms with Crippen LogP contribution in [0, 0.1) is 11.4 Å². The molecule has 0 spiro atoms. The molecular formula is C19H19FN4O. The van der Waals surface area contributed by atoms with Crippen LogP contribution in [0.3, 0.4) is 0 Å². The molecule has 0 aliphatic heterocycles. The lowest BCUT2D eigenvalue weighted by Crippen LogP contribution is -2.42. The highest BCUT2D eigenvalue weighted by Crippen LogP contribution is 2.43. The molecule has 3 rings (SSSR count). The first kappa shape index (κ1) is 17.1. The highest BCUT2D eigenvalue weighted by molar-refractivity contribution is 5.62. The van der Waals surface area contributed by atoms with E-state index in [-0.39, 0.29) is 0 Å². The molecule has 0 bridgehead atoms. The Bertz CT molecular complexity index is 863. The summed E-state index contributed by atoms with van der Waals surface area (Å²) in [5.74, 6) is -0.556. The number of pyridine rings is 2. The van der Waals surface area contributed by atoms with Crippen LogP contribution in [0.5, 0.6) is 0 Å². The maximum absolute atomic E-state index is 13.9. The Morgan fingerprint density at radius 2 is 1.68 bits per heavy atom. The molecule has 5 nitrogen and oxygen atoms in total. The van der Waals surface area contributed by atoms with Gasteiger partial charge in [0.1, 0.15) is 11.9 Å². The topological polar surface area (TPSA) is 71.8 Å². The standard InChI is InChI=1S/C19H19FN4O/c1-18(2,3)19(25,14-10-21-12-22-11-14)16-7-6-13(9-24-16)15-5-4-8-23-17(15)20/h4-12,25H,1-3H3. The van der Waals surface area contributed by atoms with Gasteiger partial charge < -0.3 is 5.11 Å². The number of hydrogen-bond donors (Lipinski definition) is 1. The first-order valence-corrected chi connectivity index (χ1v) is 7.89. The summed E-state index contributed by atoms with van der Waals surface area (Å²) in [4.78, 5) is 16.1. The van der Waals surface area contributed by atoms with E-state index in [1.165, 1.54) is 18.7 Å². The molecule has 1 unspecified atom stereocenters. The quantitative estimate of drug-likeness (QED) is 0.742. The summed E-state index contributed by atoms with van der Waals surface area (Å²) in [5, 5.41) is 11.5. The molecular weight excluding hydrogens is 319 g/mol. The van der Waals surface area contributed by atoms with Crippen molar-refractivity contribution in [2.75, 3.05) is 0 Å². The Balaban J connectivity index is 2.09. The van der Waals surface area contributed by atoms with Gasteiger partial charge in [-0.2, -0.15) is 4.39 Å². The molecule has 0 aliphatic rings. The van der Waals surface area contributed by atoms with Crippen molar-refractivity contribution in [3.05, 3.63) is 72.6 Å². The molecule has 0 amide bonds. The van der Waals surface area contributed by atoms with Crippen LogP contribution in [0.15, 0.2) is 55.4 Å². The van der Waals surface area contributed by atoms with Crippen LogP contribution >= 0.6 is 0 Å². The zero-order valence-corrected chi connectivity index (χ0v) is 14.3. The van der Waals surface area contributed by atoms with E-state index >= 15 is 0 Å². The third-order valence-corrected chi connectivity index (χ3v) is 4.27. The lowest BCUT2D eigenvalue weighted by Gasteiger charge is -2.39. The SMILES string of the molecule is CC(C)(C)C(O)(c1cncnc1)c1ccc(-c2cccnc2F)cn1. The maximum atomic E-state index is 13.9. The smallest absolute Gasteiger partial charge is 0.220 e. The summed E-state index contributed by atoms with van der Waals surface area (Å²) >= 11 is 0. The highest BCUT2D eigenvalue weighted by Gasteiger charge is 2.45. The molecule has 0 aromatic carbocycles. The molecule has 3 aromatic rings. The van der Waals surface area contributed by atoms with E-state index in [4.69, 9.17) is 0 Å². The Morgan fingerprint density at radius 1 is 0.960 bits per heavy atom. The summed E-state index contributed by atoms with van der Waals surface area (Å²) < 4.78 is 13.9. The maximum Gasteiger partial charge on any atom is 0.220 e. The van der Waals surface area contributed by atoms with Gasteiger partial charge in [-0.15, -0.1) is 0 Å². The minimum absolute atomic E-state index is 0.365. The molecule has 0 saturated heterocycles. The molecule has 1 N–H and O–H groups in total. The van der Waals surface area contributed by atoms with Crippen molar-refractivity contribution >= 4 is 0 Å². The van der Waals surface area contributed by atoms with E-state index in [9.17, 15) is 9.50 Å². The Labute approximate surface area is 145 Å². The van der Waals surface area contributed by atoms with Crippen molar-refractivity contribution in [2.24, 2.45) is 5.41 Å². The van der Waals surface area contributed by atoms with E-state index in [2.05, 4.69) is 19.9 Å². The molecule has 3 heterocycles. The van der Waals surface area contributed by atoms with Gasteiger partial charge in [0.05, 0.1) is 5.69 Å². The normalized spacial score (nSPS) is 14.1. The number of aliphatic hydroxyl groups is 1. The molecule has 1 atom stereocenters. The first-order chi connectivity index (χ1) is 11.8. The zero-order chi connectivity index (χ0) is 18.1. The van der Waals surface area contributed by atoms with Crippen LogP contribution in [0.25, 0.3) is 11.1 Å². The number of hydrogen-bond acceptors (Lipinski definition) is 5. The fraction of sp³-hybridized carbons (Fsp3) is 0.263. The Morgan fingerprint density at radius 3 is 2.24 bits per heavy atom. The summed E-state index contributed by atoms with van der Waals surface area (Å²) in [6.07, 6.45) is 7.50. The van der Waals surface area contributed by atoms with E-state index in [1.54, 1.807) is 36.7 Å². The van der Waals surface area contributed by atoms with Crippen LogP contribution in [0.4, 0.5) is 4.39 Å². The molecule has 0 aliphatic carbocycles. The lowest BCUT2D eigenvalue weighted by molar-refractivity contribution is -0.0301. The van der Waals surface area contributed by atoms with Crippen LogP contribution in [0.1, 0.15) is 32.0 Å². The van der Waals surface area contributed by atoms with Gasteiger partial charge in [-0.1, -0.05) is 26.8 Å². The van der Waals surface area contributed by atoms with Gasteiger partial charge >= 0.3 is 0 Å². The van der Waals surface area contributed by atoms with Gasteiger partial charge in [-0.05, 0) is 18.2 Å². The number of halogens is 1. The summed E-state index contributed by atoms with van der Waals surface area (Å²) in [7, 11) is 0. The second-order valence-electron chi connectivity index (χ2n) is 6.86. The predicted molar refractivity (Wildman–Crippen MR) is 91.9 cm³/mol. The van der Waals surface area contributed by atoms with Gasteiger partial charge in [0.2, 0.25) is 5.95 Å². The first-order valence-electron chi connectivity index (χ1n) is 7.89. The molecule has 0 fully saturated rings. The highest BCUT2D eigenvalue weighted by atomic mass is 19.1. The van der Waals surface area contributed by atoms with E-state index < -0.39 is 17.0 Å². The second-order valence-corrected chi connectivity index (χ2v) is 6.86. The second kappa shape index (κ2) is 6.29. The van der Waals surface area contributed by atoms with E-state index in [1.807, 2.05) is 20.8 Å². The molecule has 0 saturated carbocycles. The van der Waals surface area contributed by atoms with E-state index in [0.29, 0.717) is 22.4 Å². The third-order valence-electron chi connectivity index (χ3n) is 4.27. The zero-order valence-electron chi connectivity index (χ0n) is 14.3. The predicted octanol–water partition coefficient (Wildman–Crippen LogP) is 3.35. The average Bonchev–Trinajstić information content (AvgIpc) is 2.61. The van der Waals surface area contributed by atoms with Crippen LogP contribution in [-0.2, 0) is 5.60 Å². The summed E-state index contributed by atoms with van der Waals surface area (Å²) in [6.45, 7) is 5.74. The Hall–Kier alpha value is -2.73. The van der Waals surface area contributed by atoms with Crippen LogP contribution in [-0.4, -0.2) is 25.0 Å². The summed E-state index contributed by atoms with van der Waals surface area (Å²) in [6, 6.07) is 6.72. The van der Waals surface area contributed by atoms with Crippen LogP contribution in [0.2, 0.25) is 0 Å². The Kier molecular flexibility index (Phi) is 4.30. The van der Waals surface area contributed by atoms with Gasteiger partial charge in [-0.3, -0.25) is 4.98 Å².